The van der Waals surface area contributed by atoms with Crippen molar-refractivity contribution in [2.24, 2.45) is 76.4 Å². The van der Waals surface area contributed by atoms with Gasteiger partial charge in [0.1, 0.15) is 0 Å². The van der Waals surface area contributed by atoms with Crippen LogP contribution in [0.25, 0.3) is 0 Å². The minimum atomic E-state index is -0.0856. The third-order valence-corrected chi connectivity index (χ3v) is 15.1. The molecule has 0 aromatic rings. The van der Waals surface area contributed by atoms with Crippen LogP contribution in [0.5, 0.6) is 0 Å². The van der Waals surface area contributed by atoms with Gasteiger partial charge in [-0.05, 0) is 199 Å². The number of carbonyl (C=O) groups is 1. The molecule has 0 bridgehead atoms. The predicted octanol–water partition coefficient (Wildman–Crippen LogP) is 13.0. The van der Waals surface area contributed by atoms with E-state index in [-0.39, 0.29) is 11.4 Å². The van der Waals surface area contributed by atoms with Crippen LogP contribution in [0.4, 0.5) is 0 Å². The molecule has 7 aliphatic rings. The van der Waals surface area contributed by atoms with Gasteiger partial charge in [0.15, 0.2) is 0 Å². The molecule has 7 aliphatic carbocycles. The van der Waals surface area contributed by atoms with Crippen LogP contribution in [-0.4, -0.2) is 12.6 Å². The molecule has 0 spiro atoms. The van der Waals surface area contributed by atoms with Crippen molar-refractivity contribution < 1.29 is 9.53 Å². The van der Waals surface area contributed by atoms with Gasteiger partial charge < -0.3 is 4.74 Å². The highest BCUT2D eigenvalue weighted by Gasteiger charge is 2.52. The Morgan fingerprint density at radius 2 is 1.22 bits per heavy atom. The molecule has 0 amide bonds. The monoisotopic (exact) mass is 681 g/mol. The van der Waals surface area contributed by atoms with Crippen LogP contribution in [0.1, 0.15) is 151 Å². The van der Waals surface area contributed by atoms with Crippen molar-refractivity contribution in [3.63, 3.8) is 0 Å². The summed E-state index contributed by atoms with van der Waals surface area (Å²) >= 11 is 0. The average Bonchev–Trinajstić information content (AvgIpc) is 3.84. The van der Waals surface area contributed by atoms with Crippen LogP contribution >= 0.6 is 0 Å². The first-order valence-corrected chi connectivity index (χ1v) is 21.6. The van der Waals surface area contributed by atoms with E-state index in [1.165, 1.54) is 61.7 Å². The summed E-state index contributed by atoms with van der Waals surface area (Å²) in [5.74, 6) is 12.7. The fourth-order valence-electron chi connectivity index (χ4n) is 10.9. The number of rotatable bonds is 20. The third kappa shape index (κ3) is 10.4. The maximum atomic E-state index is 12.4. The van der Waals surface area contributed by atoms with Crippen LogP contribution in [0.2, 0.25) is 0 Å². The maximum absolute atomic E-state index is 12.4. The van der Waals surface area contributed by atoms with Crippen molar-refractivity contribution in [3.05, 3.63) is 58.7 Å². The minimum absolute atomic E-state index is 0.0856. The van der Waals surface area contributed by atoms with Gasteiger partial charge in [-0.15, -0.1) is 0 Å². The number of allylic oxidation sites excluding steroid dienone is 9. The second kappa shape index (κ2) is 15.6. The van der Waals surface area contributed by atoms with Gasteiger partial charge in [0.25, 0.3) is 0 Å². The molecule has 0 radical (unpaired) electrons. The number of ether oxygens (including phenoxy) is 1. The summed E-state index contributed by atoms with van der Waals surface area (Å²) in [5.41, 5.74) is 5.66. The minimum Gasteiger partial charge on any atom is -0.465 e. The van der Waals surface area contributed by atoms with Crippen molar-refractivity contribution >= 4 is 5.97 Å². The molecule has 6 saturated carbocycles. The SMILES string of the molecule is CCC1CC1CC1CC1CC1CC1CC1CC1CC1CC1CC1CC1CCOC(=O)C/C=C(C)/C=C/C=C(C)/C=C/C1=C(C)CCCC1(C)C. The lowest BCUT2D eigenvalue weighted by molar-refractivity contribution is -0.142. The Balaban J connectivity index is 0.693. The van der Waals surface area contributed by atoms with E-state index in [0.29, 0.717) is 13.0 Å². The molecule has 0 saturated heterocycles. The first-order valence-electron chi connectivity index (χ1n) is 21.6. The highest BCUT2D eigenvalue weighted by Crippen LogP contribution is 2.62. The Hall–Kier alpha value is -1.83. The van der Waals surface area contributed by atoms with Crippen molar-refractivity contribution in [2.45, 2.75) is 151 Å². The zero-order chi connectivity index (χ0) is 35.0. The van der Waals surface area contributed by atoms with Gasteiger partial charge in [-0.1, -0.05) is 80.4 Å². The second-order valence-corrected chi connectivity index (χ2v) is 19.8. The smallest absolute Gasteiger partial charge is 0.309 e. The molecule has 2 heteroatoms. The molecule has 0 aliphatic heterocycles. The Kier molecular flexibility index (Phi) is 11.4. The van der Waals surface area contributed by atoms with Gasteiger partial charge in [-0.3, -0.25) is 4.79 Å². The molecular weight excluding hydrogens is 609 g/mol. The van der Waals surface area contributed by atoms with Gasteiger partial charge in [0, 0.05) is 0 Å². The molecule has 12 unspecified atom stereocenters. The first-order chi connectivity index (χ1) is 24.1. The van der Waals surface area contributed by atoms with Crippen molar-refractivity contribution in [3.8, 4) is 0 Å². The maximum Gasteiger partial charge on any atom is 0.309 e. The number of carbonyl (C=O) groups excluding carboxylic acids is 1. The summed E-state index contributed by atoms with van der Waals surface area (Å²) < 4.78 is 5.63. The Morgan fingerprint density at radius 3 is 1.74 bits per heavy atom. The largest absolute Gasteiger partial charge is 0.465 e. The van der Waals surface area contributed by atoms with Gasteiger partial charge in [-0.2, -0.15) is 0 Å². The number of hydrogen-bond acceptors (Lipinski definition) is 2. The third-order valence-electron chi connectivity index (χ3n) is 15.1. The summed E-state index contributed by atoms with van der Waals surface area (Å²) in [4.78, 5) is 12.4. The molecule has 6 fully saturated rings. The Morgan fingerprint density at radius 1 is 0.720 bits per heavy atom. The molecule has 0 aromatic heterocycles. The summed E-state index contributed by atoms with van der Waals surface area (Å²) in [6, 6.07) is 0. The predicted molar refractivity (Wildman–Crippen MR) is 209 cm³/mol. The van der Waals surface area contributed by atoms with E-state index in [1.54, 1.807) is 51.4 Å². The lowest BCUT2D eigenvalue weighted by Crippen LogP contribution is -2.19. The highest BCUT2D eigenvalue weighted by molar-refractivity contribution is 5.71. The van der Waals surface area contributed by atoms with Crippen LogP contribution in [0.3, 0.4) is 0 Å². The van der Waals surface area contributed by atoms with Crippen LogP contribution in [0, 0.1) is 76.4 Å². The molecule has 7 rings (SSSR count). The second-order valence-electron chi connectivity index (χ2n) is 19.8. The quantitative estimate of drug-likeness (QED) is 0.0945. The summed E-state index contributed by atoms with van der Waals surface area (Å²) in [6.07, 6.45) is 36.5. The van der Waals surface area contributed by atoms with Crippen molar-refractivity contribution in [2.75, 3.05) is 6.61 Å². The first kappa shape index (κ1) is 36.5. The molecule has 2 nitrogen and oxygen atoms in total. The molecule has 12 atom stereocenters. The van der Waals surface area contributed by atoms with Crippen molar-refractivity contribution in [1.29, 1.82) is 0 Å². The van der Waals surface area contributed by atoms with E-state index in [0.717, 1.165) is 83.0 Å². The zero-order valence-electron chi connectivity index (χ0n) is 32.9. The molecule has 0 aromatic carbocycles. The van der Waals surface area contributed by atoms with Crippen LogP contribution in [0.15, 0.2) is 58.7 Å². The van der Waals surface area contributed by atoms with E-state index in [4.69, 9.17) is 4.74 Å². The van der Waals surface area contributed by atoms with E-state index < -0.39 is 0 Å². The number of esters is 1. The van der Waals surface area contributed by atoms with Gasteiger partial charge in [0.05, 0.1) is 13.0 Å². The van der Waals surface area contributed by atoms with E-state index in [9.17, 15) is 4.79 Å². The van der Waals surface area contributed by atoms with Gasteiger partial charge in [-0.25, -0.2) is 0 Å². The normalized spacial score (nSPS) is 40.0. The average molecular weight is 681 g/mol. The Bertz CT molecular complexity index is 1370. The lowest BCUT2D eigenvalue weighted by atomic mass is 9.72. The molecule has 0 N–H and O–H groups in total. The van der Waals surface area contributed by atoms with Crippen LogP contribution < -0.4 is 0 Å². The van der Waals surface area contributed by atoms with E-state index >= 15 is 0 Å². The zero-order valence-corrected chi connectivity index (χ0v) is 32.9. The molecule has 276 valence electrons. The van der Waals surface area contributed by atoms with Crippen molar-refractivity contribution in [1.82, 2.24) is 0 Å². The summed E-state index contributed by atoms with van der Waals surface area (Å²) in [5, 5.41) is 0. The fraction of sp³-hybridized carbons (Fsp3) is 0.771. The summed E-state index contributed by atoms with van der Waals surface area (Å²) in [7, 11) is 0. The Labute approximate surface area is 307 Å². The van der Waals surface area contributed by atoms with Gasteiger partial charge in [0.2, 0.25) is 0 Å². The van der Waals surface area contributed by atoms with Crippen LogP contribution in [-0.2, 0) is 9.53 Å². The van der Waals surface area contributed by atoms with E-state index in [2.05, 4.69) is 71.9 Å². The lowest BCUT2D eigenvalue weighted by Gasteiger charge is -2.32. The molecule has 0 heterocycles. The fourth-order valence-corrected chi connectivity index (χ4v) is 10.9. The van der Waals surface area contributed by atoms with Gasteiger partial charge >= 0.3 is 5.97 Å². The standard InChI is InChI=1S/C48H72O2/c1-7-34-20-36(34)22-38-24-40(38)26-42-28-44(42)30-45-29-43(45)27-41-25-39(41)23-37-21-35(37)17-19-50-47(49)16-14-32(3)11-8-10-31(2)13-15-46-33(4)12-9-18-48(46,5)6/h8,10-11,13-15,34-45H,7,9,12,16-30H2,1-6H3/b11-8+,15-13+,31-10+,32-14+. The topological polar surface area (TPSA) is 26.3 Å². The highest BCUT2D eigenvalue weighted by atomic mass is 16.5. The molecular formula is C48H72O2. The summed E-state index contributed by atoms with van der Waals surface area (Å²) in [6.45, 7) is 14.2. The molecule has 50 heavy (non-hydrogen) atoms. The number of hydrogen-bond donors (Lipinski definition) is 0. The van der Waals surface area contributed by atoms with E-state index in [1.807, 2.05) is 6.08 Å².